The van der Waals surface area contributed by atoms with E-state index < -0.39 is 0 Å². The van der Waals surface area contributed by atoms with Crippen molar-refractivity contribution in [1.29, 1.82) is 0 Å². The van der Waals surface area contributed by atoms with Crippen molar-refractivity contribution in [2.75, 3.05) is 20.7 Å². The summed E-state index contributed by atoms with van der Waals surface area (Å²) in [6, 6.07) is 0. The first-order valence-corrected chi connectivity index (χ1v) is 6.36. The van der Waals surface area contributed by atoms with Gasteiger partial charge in [-0.05, 0) is 39.8 Å². The van der Waals surface area contributed by atoms with Crippen LogP contribution in [0.1, 0.15) is 46.0 Å². The number of hydrogen-bond acceptors (Lipinski definition) is 3. The Morgan fingerprint density at radius 3 is 2.62 bits per heavy atom. The zero-order valence-corrected chi connectivity index (χ0v) is 11.1. The molecule has 1 saturated carbocycles. The van der Waals surface area contributed by atoms with Crippen LogP contribution in [0.2, 0.25) is 0 Å². The van der Waals surface area contributed by atoms with Crippen molar-refractivity contribution in [3.05, 3.63) is 0 Å². The maximum absolute atomic E-state index is 11.7. The number of rotatable bonds is 4. The van der Waals surface area contributed by atoms with Crippen LogP contribution < -0.4 is 0 Å². The molecule has 0 aliphatic heterocycles. The normalized spacial score (nSPS) is 30.4. The molecular formula is C13H25NO2. The molecule has 1 aliphatic rings. The van der Waals surface area contributed by atoms with E-state index in [0.717, 1.165) is 6.42 Å². The Kier molecular flexibility index (Phi) is 4.78. The second-order valence-corrected chi connectivity index (χ2v) is 5.13. The highest BCUT2D eigenvalue weighted by Gasteiger charge is 2.42. The topological polar surface area (TPSA) is 29.5 Å². The Balaban J connectivity index is 2.75. The molecule has 94 valence electrons. The van der Waals surface area contributed by atoms with E-state index in [4.69, 9.17) is 4.74 Å². The minimum atomic E-state index is -0.0510. The molecule has 1 rings (SSSR count). The number of ether oxygens (including phenoxy) is 1. The number of carbonyl (C=O) groups excluding carboxylic acids is 1. The summed E-state index contributed by atoms with van der Waals surface area (Å²) in [7, 11) is 4.17. The Morgan fingerprint density at radius 2 is 2.12 bits per heavy atom. The van der Waals surface area contributed by atoms with Gasteiger partial charge >= 0.3 is 5.97 Å². The van der Waals surface area contributed by atoms with Crippen LogP contribution in [-0.2, 0) is 9.53 Å². The molecule has 2 atom stereocenters. The van der Waals surface area contributed by atoms with Gasteiger partial charge in [-0.1, -0.05) is 19.8 Å². The first-order valence-electron chi connectivity index (χ1n) is 6.36. The fourth-order valence-electron chi connectivity index (χ4n) is 2.94. The molecule has 0 bridgehead atoms. The van der Waals surface area contributed by atoms with Gasteiger partial charge < -0.3 is 9.64 Å². The van der Waals surface area contributed by atoms with Crippen LogP contribution in [-0.4, -0.2) is 37.1 Å². The molecule has 0 N–H and O–H groups in total. The third-order valence-corrected chi connectivity index (χ3v) is 4.06. The second-order valence-electron chi connectivity index (χ2n) is 5.13. The molecular weight excluding hydrogens is 202 g/mol. The minimum Gasteiger partial charge on any atom is -0.466 e. The minimum absolute atomic E-state index is 0.0184. The van der Waals surface area contributed by atoms with E-state index >= 15 is 0 Å². The van der Waals surface area contributed by atoms with Gasteiger partial charge in [0.1, 0.15) is 0 Å². The lowest BCUT2D eigenvalue weighted by Gasteiger charge is -2.47. The lowest BCUT2D eigenvalue weighted by Crippen LogP contribution is -2.52. The molecule has 0 spiro atoms. The Hall–Kier alpha value is -0.570. The third kappa shape index (κ3) is 2.76. The summed E-state index contributed by atoms with van der Waals surface area (Å²) in [6.45, 7) is 4.61. The summed E-state index contributed by atoms with van der Waals surface area (Å²) in [5.74, 6) is 0.519. The van der Waals surface area contributed by atoms with Crippen LogP contribution in [0.5, 0.6) is 0 Å². The van der Waals surface area contributed by atoms with Crippen molar-refractivity contribution in [3.63, 3.8) is 0 Å². The van der Waals surface area contributed by atoms with E-state index in [0.29, 0.717) is 18.9 Å². The van der Waals surface area contributed by atoms with E-state index in [1.54, 1.807) is 0 Å². The van der Waals surface area contributed by atoms with Gasteiger partial charge in [-0.15, -0.1) is 0 Å². The predicted octanol–water partition coefficient (Wildman–Crippen LogP) is 2.45. The van der Waals surface area contributed by atoms with Crippen molar-refractivity contribution >= 4 is 5.97 Å². The lowest BCUT2D eigenvalue weighted by atomic mass is 9.71. The Morgan fingerprint density at radius 1 is 1.44 bits per heavy atom. The van der Waals surface area contributed by atoms with Crippen molar-refractivity contribution in [1.82, 2.24) is 4.90 Å². The summed E-state index contributed by atoms with van der Waals surface area (Å²) in [5, 5.41) is 0. The van der Waals surface area contributed by atoms with Crippen molar-refractivity contribution in [2.45, 2.75) is 51.5 Å². The summed E-state index contributed by atoms with van der Waals surface area (Å²) >= 11 is 0. The molecule has 0 amide bonds. The monoisotopic (exact) mass is 227 g/mol. The number of hydrogen-bond donors (Lipinski definition) is 0. The zero-order valence-electron chi connectivity index (χ0n) is 11.1. The largest absolute Gasteiger partial charge is 0.466 e. The van der Waals surface area contributed by atoms with Gasteiger partial charge in [0, 0.05) is 5.54 Å². The van der Waals surface area contributed by atoms with E-state index in [-0.39, 0.29) is 11.5 Å². The first kappa shape index (κ1) is 13.5. The molecule has 2 unspecified atom stereocenters. The van der Waals surface area contributed by atoms with Gasteiger partial charge in [0.05, 0.1) is 13.0 Å². The van der Waals surface area contributed by atoms with Gasteiger partial charge in [0.25, 0.3) is 0 Å². The summed E-state index contributed by atoms with van der Waals surface area (Å²) in [6.07, 6.45) is 5.38. The van der Waals surface area contributed by atoms with E-state index in [2.05, 4.69) is 25.9 Å². The van der Waals surface area contributed by atoms with E-state index in [1.807, 2.05) is 6.92 Å². The predicted molar refractivity (Wildman–Crippen MR) is 65.3 cm³/mol. The average Bonchev–Trinajstić information content (AvgIpc) is 2.21. The highest BCUT2D eigenvalue weighted by Crippen LogP contribution is 2.39. The zero-order chi connectivity index (χ0) is 12.2. The third-order valence-electron chi connectivity index (χ3n) is 4.06. The molecule has 0 saturated heterocycles. The fraction of sp³-hybridized carbons (Fsp3) is 0.923. The SMILES string of the molecule is CCOC(=O)CC1(N(C)C)CCCCC1C. The standard InChI is InChI=1S/C13H25NO2/c1-5-16-12(15)10-13(14(3)4)9-7-6-8-11(13)2/h11H,5-10H2,1-4H3. The van der Waals surface area contributed by atoms with Gasteiger partial charge in [-0.2, -0.15) is 0 Å². The molecule has 1 fully saturated rings. The van der Waals surface area contributed by atoms with Gasteiger partial charge in [0.2, 0.25) is 0 Å². The summed E-state index contributed by atoms with van der Waals surface area (Å²) in [4.78, 5) is 13.9. The molecule has 0 aromatic rings. The molecule has 16 heavy (non-hydrogen) atoms. The highest BCUT2D eigenvalue weighted by atomic mass is 16.5. The van der Waals surface area contributed by atoms with Gasteiger partial charge in [-0.3, -0.25) is 4.79 Å². The smallest absolute Gasteiger partial charge is 0.307 e. The van der Waals surface area contributed by atoms with Gasteiger partial charge in [-0.25, -0.2) is 0 Å². The van der Waals surface area contributed by atoms with Crippen LogP contribution in [0, 0.1) is 5.92 Å². The number of esters is 1. The van der Waals surface area contributed by atoms with Crippen LogP contribution >= 0.6 is 0 Å². The molecule has 0 heterocycles. The van der Waals surface area contributed by atoms with Crippen LogP contribution in [0.25, 0.3) is 0 Å². The lowest BCUT2D eigenvalue weighted by molar-refractivity contribution is -0.148. The van der Waals surface area contributed by atoms with Crippen molar-refractivity contribution < 1.29 is 9.53 Å². The van der Waals surface area contributed by atoms with Crippen LogP contribution in [0.3, 0.4) is 0 Å². The average molecular weight is 227 g/mol. The first-order chi connectivity index (χ1) is 7.53. The Bertz CT molecular complexity index is 240. The fourth-order valence-corrected chi connectivity index (χ4v) is 2.94. The van der Waals surface area contributed by atoms with Crippen LogP contribution in [0.4, 0.5) is 0 Å². The Labute approximate surface area is 99.1 Å². The molecule has 3 nitrogen and oxygen atoms in total. The molecule has 1 aliphatic carbocycles. The van der Waals surface area contributed by atoms with E-state index in [1.165, 1.54) is 19.3 Å². The molecule has 0 aromatic heterocycles. The quantitative estimate of drug-likeness (QED) is 0.691. The molecule has 0 radical (unpaired) electrons. The molecule has 3 heteroatoms. The number of nitrogens with zero attached hydrogens (tertiary/aromatic N) is 1. The highest BCUT2D eigenvalue weighted by molar-refractivity contribution is 5.71. The maximum Gasteiger partial charge on any atom is 0.307 e. The summed E-state index contributed by atoms with van der Waals surface area (Å²) in [5.41, 5.74) is 0.0184. The van der Waals surface area contributed by atoms with Crippen LogP contribution in [0.15, 0.2) is 0 Å². The molecule has 0 aromatic carbocycles. The maximum atomic E-state index is 11.7. The number of carbonyl (C=O) groups is 1. The van der Waals surface area contributed by atoms with Gasteiger partial charge in [0.15, 0.2) is 0 Å². The van der Waals surface area contributed by atoms with Crippen molar-refractivity contribution in [2.24, 2.45) is 5.92 Å². The van der Waals surface area contributed by atoms with Crippen molar-refractivity contribution in [3.8, 4) is 0 Å². The second kappa shape index (κ2) is 5.67. The summed E-state index contributed by atoms with van der Waals surface area (Å²) < 4.78 is 5.10. The van der Waals surface area contributed by atoms with E-state index in [9.17, 15) is 4.79 Å².